The Morgan fingerprint density at radius 2 is 0.829 bits per heavy atom. The van der Waals surface area contributed by atoms with Crippen molar-refractivity contribution >= 4 is 76.8 Å². The lowest BCUT2D eigenvalue weighted by atomic mass is 9.91. The molecule has 76 heavy (non-hydrogen) atoms. The highest BCUT2D eigenvalue weighted by Crippen LogP contribution is 2.55. The molecule has 0 saturated carbocycles. The van der Waals surface area contributed by atoms with Crippen molar-refractivity contribution < 1.29 is 0 Å². The van der Waals surface area contributed by atoms with E-state index in [1.54, 1.807) is 0 Å². The molecule has 1 unspecified atom stereocenters. The van der Waals surface area contributed by atoms with Crippen LogP contribution in [0.15, 0.2) is 261 Å². The van der Waals surface area contributed by atoms with Gasteiger partial charge >= 0.3 is 0 Å². The van der Waals surface area contributed by atoms with E-state index >= 15 is 0 Å². The summed E-state index contributed by atoms with van der Waals surface area (Å²) in [4.78, 5) is 18.3. The third kappa shape index (κ3) is 6.32. The number of para-hydroxylation sites is 4. The van der Waals surface area contributed by atoms with E-state index < -0.39 is 0 Å². The van der Waals surface area contributed by atoms with Gasteiger partial charge in [0.1, 0.15) is 0 Å². The molecule has 2 aliphatic rings. The number of benzene rings is 10. The molecular formula is C69H45N7. The van der Waals surface area contributed by atoms with Crippen LogP contribution in [0.25, 0.3) is 117 Å². The third-order valence-corrected chi connectivity index (χ3v) is 15.7. The van der Waals surface area contributed by atoms with E-state index in [9.17, 15) is 0 Å². The molecule has 0 saturated heterocycles. The zero-order valence-corrected chi connectivity index (χ0v) is 41.2. The highest BCUT2D eigenvalue weighted by Gasteiger charge is 2.38. The average molecular weight is 972 g/mol. The van der Waals surface area contributed by atoms with Gasteiger partial charge in [0.2, 0.25) is 5.95 Å². The summed E-state index contributed by atoms with van der Waals surface area (Å²) in [5, 5.41) is 6.99. The smallest absolute Gasteiger partial charge is 0.238 e. The fourth-order valence-electron chi connectivity index (χ4n) is 12.4. The number of anilines is 2. The second kappa shape index (κ2) is 16.7. The van der Waals surface area contributed by atoms with Crippen molar-refractivity contribution in [2.45, 2.75) is 12.3 Å². The van der Waals surface area contributed by atoms with Crippen molar-refractivity contribution in [1.29, 1.82) is 0 Å². The van der Waals surface area contributed by atoms with Crippen LogP contribution in [-0.2, 0) is 0 Å². The predicted molar refractivity (Wildman–Crippen MR) is 312 cm³/mol. The number of allylic oxidation sites excluding steroid dienone is 4. The van der Waals surface area contributed by atoms with Crippen molar-refractivity contribution in [2.75, 3.05) is 4.90 Å². The summed E-state index contributed by atoms with van der Waals surface area (Å²) in [6.45, 7) is 0. The van der Waals surface area contributed by atoms with Crippen molar-refractivity contribution in [2.24, 2.45) is 0 Å². The first kappa shape index (κ1) is 42.4. The van der Waals surface area contributed by atoms with Gasteiger partial charge in [-0.2, -0.15) is 9.97 Å². The van der Waals surface area contributed by atoms with E-state index in [-0.39, 0.29) is 5.92 Å². The van der Waals surface area contributed by atoms with Gasteiger partial charge in [-0.1, -0.05) is 182 Å². The van der Waals surface area contributed by atoms with Gasteiger partial charge < -0.3 is 14.0 Å². The Morgan fingerprint density at radius 3 is 1.43 bits per heavy atom. The van der Waals surface area contributed by atoms with Crippen molar-refractivity contribution in [3.63, 3.8) is 0 Å². The van der Waals surface area contributed by atoms with Crippen LogP contribution >= 0.6 is 0 Å². The lowest BCUT2D eigenvalue weighted by molar-refractivity contribution is 0.820. The van der Waals surface area contributed by atoms with Crippen molar-refractivity contribution in [3.8, 4) is 51.2 Å². The van der Waals surface area contributed by atoms with Gasteiger partial charge in [0.15, 0.2) is 11.6 Å². The Balaban J connectivity index is 0.948. The van der Waals surface area contributed by atoms with E-state index in [1.165, 1.54) is 44.4 Å². The molecule has 7 nitrogen and oxygen atoms in total. The molecule has 0 fully saturated rings. The maximum atomic E-state index is 5.34. The van der Waals surface area contributed by atoms with E-state index in [0.29, 0.717) is 17.6 Å². The van der Waals surface area contributed by atoms with Gasteiger partial charge in [-0.15, -0.1) is 0 Å². The molecule has 0 amide bonds. The van der Waals surface area contributed by atoms with Gasteiger partial charge in [0, 0.05) is 72.1 Å². The number of hydrogen-bond acceptors (Lipinski definition) is 4. The molecule has 0 radical (unpaired) electrons. The molecule has 10 aromatic carbocycles. The quantitative estimate of drug-likeness (QED) is 0.160. The van der Waals surface area contributed by atoms with Crippen LogP contribution in [0, 0.1) is 0 Å². The molecule has 16 rings (SSSR count). The summed E-state index contributed by atoms with van der Waals surface area (Å²) in [6.07, 6.45) is 7.82. The van der Waals surface area contributed by atoms with E-state index in [4.69, 9.17) is 15.0 Å². The number of fused-ring (bicyclic) bond motifs is 14. The summed E-state index contributed by atoms with van der Waals surface area (Å²) in [7, 11) is 0. The van der Waals surface area contributed by atoms with Gasteiger partial charge in [0.25, 0.3) is 0 Å². The molecule has 356 valence electrons. The normalized spacial score (nSPS) is 14.1. The zero-order valence-electron chi connectivity index (χ0n) is 41.2. The first-order valence-electron chi connectivity index (χ1n) is 26.1. The Morgan fingerprint density at radius 1 is 0.355 bits per heavy atom. The molecular weight excluding hydrogens is 927 g/mol. The predicted octanol–water partition coefficient (Wildman–Crippen LogP) is 17.2. The number of hydrogen-bond donors (Lipinski definition) is 0. The Hall–Kier alpha value is -10.1. The molecule has 7 heteroatoms. The third-order valence-electron chi connectivity index (χ3n) is 15.7. The zero-order chi connectivity index (χ0) is 49.8. The molecule has 1 atom stereocenters. The minimum Gasteiger partial charge on any atom is -0.311 e. The molecule has 0 spiro atoms. The fourth-order valence-corrected chi connectivity index (χ4v) is 12.4. The first-order chi connectivity index (χ1) is 37.7. The average Bonchev–Trinajstić information content (AvgIpc) is 4.31. The highest BCUT2D eigenvalue weighted by atomic mass is 15.2. The van der Waals surface area contributed by atoms with Crippen LogP contribution in [0.3, 0.4) is 0 Å². The summed E-state index contributed by atoms with van der Waals surface area (Å²) >= 11 is 0. The summed E-state index contributed by atoms with van der Waals surface area (Å²) < 4.78 is 7.19. The number of rotatable bonds is 7. The van der Waals surface area contributed by atoms with Gasteiger partial charge in [-0.25, -0.2) is 4.98 Å². The minimum atomic E-state index is 0.283. The highest BCUT2D eigenvalue weighted by molar-refractivity contribution is 6.24. The Kier molecular flexibility index (Phi) is 9.32. The van der Waals surface area contributed by atoms with Crippen LogP contribution in [0.5, 0.6) is 0 Å². The molecule has 0 bridgehead atoms. The molecule has 14 aromatic rings. The lowest BCUT2D eigenvalue weighted by Gasteiger charge is -2.25. The van der Waals surface area contributed by atoms with Crippen LogP contribution in [-0.4, -0.2) is 28.7 Å². The van der Waals surface area contributed by atoms with E-state index in [1.807, 2.05) is 36.4 Å². The van der Waals surface area contributed by atoms with Crippen LogP contribution < -0.4 is 4.90 Å². The molecule has 1 aliphatic heterocycles. The maximum Gasteiger partial charge on any atom is 0.238 e. The van der Waals surface area contributed by atoms with Gasteiger partial charge in [-0.3, -0.25) is 4.57 Å². The topological polar surface area (TPSA) is 56.7 Å². The Labute approximate surface area is 437 Å². The Bertz CT molecular complexity index is 4650. The molecule has 4 aromatic heterocycles. The minimum absolute atomic E-state index is 0.283. The SMILES string of the molecule is C1=CCC2C(=C1)N(c1ccccc1)c1c2ccc2c3cc(-c4ccc5c(c4)c4ccc6c7ccccc7n(-c7nc(-c8ccccc8)nc(-c8ccccc8)n7)c6c4n5-c4ccccc4)ccc3n(-c3ccccc3)c12. The van der Waals surface area contributed by atoms with Crippen molar-refractivity contribution in [3.05, 3.63) is 266 Å². The van der Waals surface area contributed by atoms with Gasteiger partial charge in [0.05, 0.1) is 38.8 Å². The van der Waals surface area contributed by atoms with Crippen molar-refractivity contribution in [1.82, 2.24) is 28.7 Å². The van der Waals surface area contributed by atoms with Gasteiger partial charge in [-0.05, 0) is 95.9 Å². The molecule has 5 heterocycles. The largest absolute Gasteiger partial charge is 0.311 e. The van der Waals surface area contributed by atoms with E-state index in [2.05, 4.69) is 237 Å². The van der Waals surface area contributed by atoms with Crippen LogP contribution in [0.1, 0.15) is 17.9 Å². The second-order valence-electron chi connectivity index (χ2n) is 19.9. The van der Waals surface area contributed by atoms with Crippen LogP contribution in [0.4, 0.5) is 11.4 Å². The summed E-state index contributed by atoms with van der Waals surface area (Å²) in [5.74, 6) is 2.07. The second-order valence-corrected chi connectivity index (χ2v) is 19.9. The fraction of sp³-hybridized carbons (Fsp3) is 0.0290. The number of aromatic nitrogens is 6. The lowest BCUT2D eigenvalue weighted by Crippen LogP contribution is -2.15. The maximum absolute atomic E-state index is 5.34. The monoisotopic (exact) mass is 971 g/mol. The standard InChI is InChI=1S/C69H45N7/c1-6-20-44(21-7-1)67-70-68(45-22-8-2-9-23-45)72-69(71-67)76-60-33-19-17-31-52(60)54-37-39-56-58-43-47(35-41-62(58)75(65(56)66(54)76)50-28-14-5-15-29-50)46-34-40-61-57(42-46)55-38-36-53-51-30-16-18-32-59(51)73(48-24-10-3-11-25-48)63(53)64(55)74(61)49-26-12-4-13-27-49/h1-29,31-43,51H,30H2. The summed E-state index contributed by atoms with van der Waals surface area (Å²) in [6, 6.07) is 85.0. The number of nitrogens with zero attached hydrogens (tertiary/aromatic N) is 7. The molecule has 1 aliphatic carbocycles. The van der Waals surface area contributed by atoms with Crippen LogP contribution in [0.2, 0.25) is 0 Å². The molecule has 0 N–H and O–H groups in total. The summed E-state index contributed by atoms with van der Waals surface area (Å²) in [5.41, 5.74) is 18.1. The van der Waals surface area contributed by atoms with E-state index in [0.717, 1.165) is 83.7 Å². The first-order valence-corrected chi connectivity index (χ1v) is 26.1.